The number of nitrogens with zero attached hydrogens (tertiary/aromatic N) is 5. The molecule has 0 spiro atoms. The molecule has 1 atom stereocenters. The van der Waals surface area contributed by atoms with Gasteiger partial charge in [0.2, 0.25) is 23.8 Å². The smallest absolute Gasteiger partial charge is 0.247 e. The van der Waals surface area contributed by atoms with Gasteiger partial charge in [0, 0.05) is 24.8 Å². The lowest BCUT2D eigenvalue weighted by Gasteiger charge is -2.22. The van der Waals surface area contributed by atoms with Crippen LogP contribution in [0, 0.1) is 11.7 Å². The zero-order valence-electron chi connectivity index (χ0n) is 20.9. The van der Waals surface area contributed by atoms with Crippen molar-refractivity contribution in [1.82, 2.24) is 19.9 Å². The van der Waals surface area contributed by atoms with Gasteiger partial charge >= 0.3 is 0 Å². The highest BCUT2D eigenvalue weighted by atomic mass is 19.1. The number of halogens is 1. The second-order valence-electron chi connectivity index (χ2n) is 9.02. The first kappa shape index (κ1) is 25.1. The van der Waals surface area contributed by atoms with Crippen LogP contribution >= 0.6 is 0 Å². The van der Waals surface area contributed by atoms with E-state index in [1.807, 2.05) is 13.8 Å². The molecule has 2 N–H and O–H groups in total. The molecule has 1 aromatic heterocycles. The highest BCUT2D eigenvalue weighted by Crippen LogP contribution is 2.30. The molecule has 10 heteroatoms. The Kier molecular flexibility index (Phi) is 8.33. The van der Waals surface area contributed by atoms with Crippen molar-refractivity contribution in [2.75, 3.05) is 42.4 Å². The number of methoxy groups -OCH3 is 1. The van der Waals surface area contributed by atoms with Crippen LogP contribution in [-0.4, -0.2) is 58.7 Å². The molecule has 35 heavy (non-hydrogen) atoms. The van der Waals surface area contributed by atoms with E-state index in [4.69, 9.17) is 4.74 Å². The fourth-order valence-electron chi connectivity index (χ4n) is 4.99. The van der Waals surface area contributed by atoms with Crippen LogP contribution in [0.25, 0.3) is 0 Å². The standard InChI is InChI=1S/C23H30FN7O2.C2H6/c1-33-19-10-9-16(12-17(19)24)26-22-27-21(25-13-15-6-3-2-4-7-15)28-23(29-22)31-14-30-11-5-8-18(30)20(31)32;1-2/h9-10,12,15,18H,2-8,11,13-14H2,1H3,(H2,25,26,27,28,29);1-2H3. The van der Waals surface area contributed by atoms with Crippen LogP contribution in [0.5, 0.6) is 5.75 Å². The molecule has 1 amide bonds. The van der Waals surface area contributed by atoms with Crippen molar-refractivity contribution in [1.29, 1.82) is 0 Å². The molecule has 1 aromatic carbocycles. The van der Waals surface area contributed by atoms with Crippen LogP contribution in [-0.2, 0) is 4.79 Å². The Morgan fingerprint density at radius 2 is 1.83 bits per heavy atom. The summed E-state index contributed by atoms with van der Waals surface area (Å²) in [5.74, 6) is 1.28. The minimum absolute atomic E-state index is 0.0263. The predicted octanol–water partition coefficient (Wildman–Crippen LogP) is 4.55. The van der Waals surface area contributed by atoms with E-state index < -0.39 is 5.82 Å². The maximum absolute atomic E-state index is 14.2. The second kappa shape index (κ2) is 11.6. The summed E-state index contributed by atoms with van der Waals surface area (Å²) in [4.78, 5) is 30.3. The van der Waals surface area contributed by atoms with Crippen molar-refractivity contribution >= 4 is 29.4 Å². The maximum atomic E-state index is 14.2. The first-order chi connectivity index (χ1) is 17.1. The quantitative estimate of drug-likeness (QED) is 0.590. The van der Waals surface area contributed by atoms with Gasteiger partial charge in [0.05, 0.1) is 19.8 Å². The van der Waals surface area contributed by atoms with Crippen molar-refractivity contribution in [2.45, 2.75) is 64.8 Å². The molecule has 3 fully saturated rings. The minimum Gasteiger partial charge on any atom is -0.494 e. The van der Waals surface area contributed by atoms with E-state index in [9.17, 15) is 9.18 Å². The monoisotopic (exact) mass is 485 g/mol. The van der Waals surface area contributed by atoms with E-state index in [1.165, 1.54) is 45.3 Å². The number of ether oxygens (including phenoxy) is 1. The van der Waals surface area contributed by atoms with E-state index in [1.54, 1.807) is 17.0 Å². The van der Waals surface area contributed by atoms with Crippen LogP contribution in [0.3, 0.4) is 0 Å². The lowest BCUT2D eigenvalue weighted by atomic mass is 9.89. The Morgan fingerprint density at radius 3 is 2.54 bits per heavy atom. The summed E-state index contributed by atoms with van der Waals surface area (Å²) in [6.45, 7) is 6.16. The fourth-order valence-corrected chi connectivity index (χ4v) is 4.99. The third-order valence-electron chi connectivity index (χ3n) is 6.78. The second-order valence-corrected chi connectivity index (χ2v) is 9.02. The third-order valence-corrected chi connectivity index (χ3v) is 6.78. The van der Waals surface area contributed by atoms with Crippen LogP contribution in [0.15, 0.2) is 18.2 Å². The van der Waals surface area contributed by atoms with Gasteiger partial charge in [-0.2, -0.15) is 15.0 Å². The molecule has 1 aliphatic carbocycles. The number of benzene rings is 1. The summed E-state index contributed by atoms with van der Waals surface area (Å²) in [7, 11) is 1.42. The number of rotatable bonds is 7. The number of carbonyl (C=O) groups is 1. The molecule has 1 saturated carbocycles. The van der Waals surface area contributed by atoms with Crippen molar-refractivity contribution in [3.05, 3.63) is 24.0 Å². The van der Waals surface area contributed by atoms with Gasteiger partial charge in [0.1, 0.15) is 0 Å². The van der Waals surface area contributed by atoms with E-state index in [0.29, 0.717) is 30.2 Å². The molecule has 190 valence electrons. The zero-order valence-corrected chi connectivity index (χ0v) is 20.9. The Hall–Kier alpha value is -3.01. The van der Waals surface area contributed by atoms with Crippen LogP contribution in [0.1, 0.15) is 58.8 Å². The van der Waals surface area contributed by atoms with Gasteiger partial charge in [-0.1, -0.05) is 33.1 Å². The number of hydrogen-bond acceptors (Lipinski definition) is 8. The van der Waals surface area contributed by atoms with Crippen LogP contribution in [0.2, 0.25) is 0 Å². The van der Waals surface area contributed by atoms with Crippen molar-refractivity contribution in [3.8, 4) is 5.75 Å². The van der Waals surface area contributed by atoms with Gasteiger partial charge in [-0.3, -0.25) is 14.6 Å². The Morgan fingerprint density at radius 1 is 1.06 bits per heavy atom. The molecule has 3 aliphatic rings. The summed E-state index contributed by atoms with van der Waals surface area (Å²) >= 11 is 0. The molecule has 2 aliphatic heterocycles. The molecule has 3 heterocycles. The molecule has 5 rings (SSSR count). The van der Waals surface area contributed by atoms with E-state index in [0.717, 1.165) is 25.9 Å². The average Bonchev–Trinajstić information content (AvgIpc) is 3.47. The molecule has 1 unspecified atom stereocenters. The van der Waals surface area contributed by atoms with E-state index in [-0.39, 0.29) is 23.6 Å². The number of fused-ring (bicyclic) bond motifs is 1. The van der Waals surface area contributed by atoms with Crippen LogP contribution < -0.4 is 20.3 Å². The number of anilines is 4. The normalized spacial score (nSPS) is 20.3. The van der Waals surface area contributed by atoms with Gasteiger partial charge in [-0.25, -0.2) is 4.39 Å². The van der Waals surface area contributed by atoms with E-state index >= 15 is 0 Å². The summed E-state index contributed by atoms with van der Waals surface area (Å²) in [5, 5.41) is 6.41. The number of nitrogens with one attached hydrogen (secondary N) is 2. The summed E-state index contributed by atoms with van der Waals surface area (Å²) in [5.41, 5.74) is 0.483. The lowest BCUT2D eigenvalue weighted by Crippen LogP contribution is -2.31. The first-order valence-corrected chi connectivity index (χ1v) is 12.8. The number of hydrogen-bond donors (Lipinski definition) is 2. The molecule has 0 radical (unpaired) electrons. The molecule has 2 saturated heterocycles. The number of amides is 1. The fraction of sp³-hybridized carbons (Fsp3) is 0.600. The molecular weight excluding hydrogens is 449 g/mol. The minimum atomic E-state index is -0.484. The highest BCUT2D eigenvalue weighted by Gasteiger charge is 2.43. The Labute approximate surface area is 206 Å². The van der Waals surface area contributed by atoms with Gasteiger partial charge in [-0.05, 0) is 43.7 Å². The van der Waals surface area contributed by atoms with Crippen molar-refractivity contribution < 1.29 is 13.9 Å². The Balaban J connectivity index is 0.00000141. The van der Waals surface area contributed by atoms with Crippen molar-refractivity contribution in [3.63, 3.8) is 0 Å². The molecule has 9 nitrogen and oxygen atoms in total. The topological polar surface area (TPSA) is 95.5 Å². The molecular formula is C25H36FN7O2. The van der Waals surface area contributed by atoms with Gasteiger partial charge in [0.15, 0.2) is 11.6 Å². The maximum Gasteiger partial charge on any atom is 0.247 e. The molecule has 2 aromatic rings. The summed E-state index contributed by atoms with van der Waals surface area (Å²) < 4.78 is 19.2. The average molecular weight is 486 g/mol. The zero-order chi connectivity index (χ0) is 24.8. The van der Waals surface area contributed by atoms with Crippen molar-refractivity contribution in [2.24, 2.45) is 5.92 Å². The SMILES string of the molecule is CC.COc1ccc(Nc2nc(NCC3CCCCC3)nc(N3CN4CCCC4C3=O)n2)cc1F. The first-order valence-electron chi connectivity index (χ1n) is 12.8. The summed E-state index contributed by atoms with van der Waals surface area (Å²) in [6, 6.07) is 4.47. The summed E-state index contributed by atoms with van der Waals surface area (Å²) in [6.07, 6.45) is 8.10. The Bertz CT molecular complexity index is 1020. The number of carbonyl (C=O) groups excluding carboxylic acids is 1. The van der Waals surface area contributed by atoms with Gasteiger partial charge in [0.25, 0.3) is 0 Å². The number of aromatic nitrogens is 3. The van der Waals surface area contributed by atoms with Crippen LogP contribution in [0.4, 0.5) is 27.9 Å². The predicted molar refractivity (Wildman–Crippen MR) is 135 cm³/mol. The third kappa shape index (κ3) is 5.80. The lowest BCUT2D eigenvalue weighted by molar-refractivity contribution is -0.119. The van der Waals surface area contributed by atoms with E-state index in [2.05, 4.69) is 30.5 Å². The van der Waals surface area contributed by atoms with Gasteiger partial charge in [-0.15, -0.1) is 0 Å². The largest absolute Gasteiger partial charge is 0.494 e. The van der Waals surface area contributed by atoms with Gasteiger partial charge < -0.3 is 15.4 Å². The molecule has 0 bridgehead atoms. The highest BCUT2D eigenvalue weighted by molar-refractivity contribution is 5.98.